The number of aromatic nitrogens is 1. The van der Waals surface area contributed by atoms with Crippen molar-refractivity contribution in [3.63, 3.8) is 0 Å². The normalized spacial score (nSPS) is 15.8. The molecule has 1 atom stereocenters. The summed E-state index contributed by atoms with van der Waals surface area (Å²) in [6.07, 6.45) is 3.04. The van der Waals surface area contributed by atoms with Gasteiger partial charge < -0.3 is 10.2 Å². The van der Waals surface area contributed by atoms with Gasteiger partial charge in [-0.1, -0.05) is 44.2 Å². The fourth-order valence-corrected chi connectivity index (χ4v) is 4.10. The number of nitrogens with zero attached hydrogens (tertiary/aromatic N) is 3. The Balaban J connectivity index is 1.63. The minimum atomic E-state index is -0.275. The van der Waals surface area contributed by atoms with Crippen molar-refractivity contribution in [1.29, 1.82) is 0 Å². The molecule has 0 bridgehead atoms. The number of nitrogens with one attached hydrogen (secondary N) is 1. The van der Waals surface area contributed by atoms with E-state index in [0.29, 0.717) is 31.7 Å². The van der Waals surface area contributed by atoms with Crippen LogP contribution in [0, 0.1) is 12.8 Å². The number of hydrogen-bond acceptors (Lipinski definition) is 4. The van der Waals surface area contributed by atoms with Crippen molar-refractivity contribution in [2.75, 3.05) is 31.5 Å². The minimum Gasteiger partial charge on any atom is -0.341 e. The molecule has 30 heavy (non-hydrogen) atoms. The number of hydrogen-bond donors (Lipinski definition) is 1. The Hall–Kier alpha value is -2.73. The van der Waals surface area contributed by atoms with Gasteiger partial charge in [0.2, 0.25) is 11.8 Å². The molecule has 1 aliphatic rings. The summed E-state index contributed by atoms with van der Waals surface area (Å²) in [5.74, 6) is 0.608. The molecule has 2 amide bonds. The Morgan fingerprint density at radius 3 is 2.40 bits per heavy atom. The van der Waals surface area contributed by atoms with Crippen LogP contribution in [0.2, 0.25) is 0 Å². The van der Waals surface area contributed by atoms with Crippen LogP contribution in [0.3, 0.4) is 0 Å². The molecular weight excluding hydrogens is 376 g/mol. The van der Waals surface area contributed by atoms with Crippen molar-refractivity contribution < 1.29 is 9.59 Å². The van der Waals surface area contributed by atoms with Gasteiger partial charge in [-0.2, -0.15) is 0 Å². The number of carbonyl (C=O) groups excluding carboxylic acids is 2. The predicted octanol–water partition coefficient (Wildman–Crippen LogP) is 3.65. The van der Waals surface area contributed by atoms with Crippen LogP contribution in [0.1, 0.15) is 43.9 Å². The van der Waals surface area contributed by atoms with Crippen LogP contribution in [0.4, 0.5) is 5.82 Å². The number of likely N-dealkylation sites (tertiary alicyclic amines) is 1. The zero-order valence-electron chi connectivity index (χ0n) is 18.2. The summed E-state index contributed by atoms with van der Waals surface area (Å²) in [6.45, 7) is 8.96. The summed E-state index contributed by atoms with van der Waals surface area (Å²) in [5.41, 5.74) is 2.08. The lowest BCUT2D eigenvalue weighted by Crippen LogP contribution is -2.47. The quantitative estimate of drug-likeness (QED) is 0.759. The van der Waals surface area contributed by atoms with E-state index in [1.54, 1.807) is 6.20 Å². The molecule has 1 fully saturated rings. The molecule has 1 N–H and O–H groups in total. The van der Waals surface area contributed by atoms with Crippen molar-refractivity contribution >= 4 is 17.6 Å². The second kappa shape index (κ2) is 10.3. The topological polar surface area (TPSA) is 65.5 Å². The summed E-state index contributed by atoms with van der Waals surface area (Å²) in [4.78, 5) is 34.4. The first kappa shape index (κ1) is 22.0. The lowest BCUT2D eigenvalue weighted by Gasteiger charge is -2.37. The third-order valence-electron chi connectivity index (χ3n) is 5.87. The Kier molecular flexibility index (Phi) is 7.57. The highest BCUT2D eigenvalue weighted by Gasteiger charge is 2.33. The Morgan fingerprint density at radius 1 is 1.13 bits per heavy atom. The van der Waals surface area contributed by atoms with E-state index in [-0.39, 0.29) is 23.8 Å². The van der Waals surface area contributed by atoms with Crippen LogP contribution in [0.5, 0.6) is 0 Å². The van der Waals surface area contributed by atoms with Gasteiger partial charge in [0.05, 0.1) is 0 Å². The number of likely N-dealkylation sites (N-methyl/N-ethyl adjacent to an activating group) is 1. The van der Waals surface area contributed by atoms with Crippen molar-refractivity contribution in [2.24, 2.45) is 5.92 Å². The molecule has 3 rings (SSSR count). The monoisotopic (exact) mass is 408 g/mol. The first-order chi connectivity index (χ1) is 14.5. The smallest absolute Gasteiger partial charge is 0.244 e. The number of benzene rings is 1. The summed E-state index contributed by atoms with van der Waals surface area (Å²) >= 11 is 0. The zero-order chi connectivity index (χ0) is 21.5. The van der Waals surface area contributed by atoms with Crippen molar-refractivity contribution in [3.8, 4) is 0 Å². The third kappa shape index (κ3) is 5.25. The summed E-state index contributed by atoms with van der Waals surface area (Å²) in [7, 11) is 0. The molecule has 6 heteroatoms. The number of pyridine rings is 1. The van der Waals surface area contributed by atoms with Gasteiger partial charge in [-0.3, -0.25) is 14.5 Å². The predicted molar refractivity (Wildman–Crippen MR) is 119 cm³/mol. The fraction of sp³-hybridized carbons (Fsp3) is 0.458. The number of piperidine rings is 1. The third-order valence-corrected chi connectivity index (χ3v) is 5.87. The van der Waals surface area contributed by atoms with E-state index in [1.165, 1.54) is 0 Å². The van der Waals surface area contributed by atoms with Gasteiger partial charge in [0, 0.05) is 25.2 Å². The zero-order valence-corrected chi connectivity index (χ0v) is 18.2. The van der Waals surface area contributed by atoms with Gasteiger partial charge in [0.1, 0.15) is 11.9 Å². The van der Waals surface area contributed by atoms with Gasteiger partial charge in [-0.05, 0) is 56.1 Å². The second-order valence-corrected chi connectivity index (χ2v) is 7.84. The summed E-state index contributed by atoms with van der Waals surface area (Å²) in [5, 5.41) is 2.92. The molecule has 0 aliphatic carbocycles. The van der Waals surface area contributed by atoms with Gasteiger partial charge in [-0.25, -0.2) is 4.98 Å². The van der Waals surface area contributed by atoms with E-state index < -0.39 is 0 Å². The summed E-state index contributed by atoms with van der Waals surface area (Å²) < 4.78 is 0. The highest BCUT2D eigenvalue weighted by atomic mass is 16.2. The molecule has 1 aromatic carbocycles. The van der Waals surface area contributed by atoms with Crippen LogP contribution >= 0.6 is 0 Å². The highest BCUT2D eigenvalue weighted by Crippen LogP contribution is 2.26. The van der Waals surface area contributed by atoms with Crippen LogP contribution < -0.4 is 5.32 Å². The Bertz CT molecular complexity index is 843. The molecular formula is C24H32N4O2. The molecule has 1 aliphatic heterocycles. The molecule has 2 heterocycles. The van der Waals surface area contributed by atoms with E-state index in [9.17, 15) is 9.59 Å². The molecule has 0 spiro atoms. The molecule has 2 aromatic rings. The van der Waals surface area contributed by atoms with Crippen LogP contribution in [0.15, 0.2) is 48.7 Å². The number of amides is 2. The summed E-state index contributed by atoms with van der Waals surface area (Å²) in [6, 6.07) is 13.5. The lowest BCUT2D eigenvalue weighted by atomic mass is 9.94. The molecule has 1 unspecified atom stereocenters. The SMILES string of the molecule is CCN(CC)C(C(=O)N1CCC(C(=O)Nc2cc(C)ccn2)CC1)c1ccccc1. The Labute approximate surface area is 179 Å². The first-order valence-corrected chi connectivity index (χ1v) is 10.8. The second-order valence-electron chi connectivity index (χ2n) is 7.84. The average Bonchev–Trinajstić information content (AvgIpc) is 2.77. The maximum atomic E-state index is 13.4. The van der Waals surface area contributed by atoms with Gasteiger partial charge in [0.15, 0.2) is 0 Å². The van der Waals surface area contributed by atoms with Crippen molar-refractivity contribution in [1.82, 2.24) is 14.8 Å². The maximum Gasteiger partial charge on any atom is 0.244 e. The lowest BCUT2D eigenvalue weighted by molar-refractivity contribution is -0.140. The molecule has 6 nitrogen and oxygen atoms in total. The van der Waals surface area contributed by atoms with Crippen molar-refractivity contribution in [3.05, 3.63) is 59.8 Å². The standard InChI is InChI=1S/C24H32N4O2/c1-4-27(5-2)22(19-9-7-6-8-10-19)24(30)28-15-12-20(13-16-28)23(29)26-21-17-18(3)11-14-25-21/h6-11,14,17,20,22H,4-5,12-13,15-16H2,1-3H3,(H,25,26,29). The first-order valence-electron chi connectivity index (χ1n) is 10.8. The van der Waals surface area contributed by atoms with Crippen LogP contribution in [-0.2, 0) is 9.59 Å². The molecule has 1 aromatic heterocycles. The molecule has 1 saturated heterocycles. The highest BCUT2D eigenvalue weighted by molar-refractivity contribution is 5.92. The van der Waals surface area contributed by atoms with E-state index in [2.05, 4.69) is 29.0 Å². The average molecular weight is 409 g/mol. The van der Waals surface area contributed by atoms with Crippen molar-refractivity contribution in [2.45, 2.75) is 39.7 Å². The van der Waals surface area contributed by atoms with Gasteiger partial charge >= 0.3 is 0 Å². The van der Waals surface area contributed by atoms with E-state index in [1.807, 2.05) is 54.3 Å². The largest absolute Gasteiger partial charge is 0.341 e. The molecule has 0 radical (unpaired) electrons. The molecule has 0 saturated carbocycles. The number of rotatable bonds is 7. The molecule has 160 valence electrons. The van der Waals surface area contributed by atoms with Gasteiger partial charge in [0.25, 0.3) is 0 Å². The van der Waals surface area contributed by atoms with Crippen LogP contribution in [0.25, 0.3) is 0 Å². The number of anilines is 1. The minimum absolute atomic E-state index is 0.0106. The fourth-order valence-electron chi connectivity index (χ4n) is 4.10. The van der Waals surface area contributed by atoms with Crippen LogP contribution in [-0.4, -0.2) is 52.8 Å². The van der Waals surface area contributed by atoms with E-state index in [0.717, 1.165) is 24.2 Å². The Morgan fingerprint density at radius 2 is 1.80 bits per heavy atom. The van der Waals surface area contributed by atoms with E-state index >= 15 is 0 Å². The number of carbonyl (C=O) groups is 2. The number of aryl methyl sites for hydroxylation is 1. The van der Waals surface area contributed by atoms with E-state index in [4.69, 9.17) is 0 Å². The maximum absolute atomic E-state index is 13.4. The van der Waals surface area contributed by atoms with Gasteiger partial charge in [-0.15, -0.1) is 0 Å².